The minimum atomic E-state index is -5.86. The average molecular weight is 585 g/mol. The van der Waals surface area contributed by atoms with E-state index in [-0.39, 0.29) is 22.8 Å². The first-order valence-corrected chi connectivity index (χ1v) is 12.6. The monoisotopic (exact) mass is 584 g/mol. The van der Waals surface area contributed by atoms with Gasteiger partial charge in [-0.3, -0.25) is 9.69 Å². The number of amides is 1. The molecule has 2 aromatic heterocycles. The van der Waals surface area contributed by atoms with Crippen LogP contribution < -0.4 is 33.6 Å². The fourth-order valence-corrected chi connectivity index (χ4v) is 3.95. The second kappa shape index (κ2) is 11.3. The van der Waals surface area contributed by atoms with Crippen molar-refractivity contribution in [3.8, 4) is 23.0 Å². The van der Waals surface area contributed by atoms with Gasteiger partial charge in [0.2, 0.25) is 5.75 Å². The van der Waals surface area contributed by atoms with Crippen molar-refractivity contribution in [3.05, 3.63) is 59.0 Å². The maximum Gasteiger partial charge on any atom is 0.273 e. The molecular formula is C25H26FN4O9P-2. The SMILES string of the molecule is [2H]c1c(Cc2nc(Cc3cc(OC)c(OC)c(OC)c3)ncc2F)nc2c(c1[2H])OC(C([2H])([2H])[2H])(C([2H])([2H])[2H])C(=O)N2COP(=O)([O-])[O-]. The number of methoxy groups -OCH3 is 3. The lowest BCUT2D eigenvalue weighted by Gasteiger charge is -2.39. The third-order valence-electron chi connectivity index (χ3n) is 5.45. The second-order valence-corrected chi connectivity index (χ2v) is 9.30. The number of halogens is 1. The van der Waals surface area contributed by atoms with Crippen molar-refractivity contribution in [2.75, 3.05) is 33.0 Å². The van der Waals surface area contributed by atoms with Gasteiger partial charge in [-0.25, -0.2) is 19.3 Å². The molecule has 0 saturated heterocycles. The Morgan fingerprint density at radius 3 is 2.42 bits per heavy atom. The average Bonchev–Trinajstić information content (AvgIpc) is 2.98. The van der Waals surface area contributed by atoms with Crippen molar-refractivity contribution in [2.45, 2.75) is 32.1 Å². The molecule has 0 unspecified atom stereocenters. The van der Waals surface area contributed by atoms with Gasteiger partial charge in [0.15, 0.2) is 34.5 Å². The number of carbonyl (C=O) groups excluding carboxylic acids is 1. The summed E-state index contributed by atoms with van der Waals surface area (Å²) < 4.78 is 116. The fourth-order valence-electron chi connectivity index (χ4n) is 3.69. The summed E-state index contributed by atoms with van der Waals surface area (Å²) in [6, 6.07) is 1.42. The van der Waals surface area contributed by atoms with Crippen molar-refractivity contribution in [1.29, 1.82) is 0 Å². The van der Waals surface area contributed by atoms with Gasteiger partial charge in [0.1, 0.15) is 12.6 Å². The largest absolute Gasteiger partial charge is 0.790 e. The molecule has 0 radical (unpaired) electrons. The quantitative estimate of drug-likeness (QED) is 0.316. The lowest BCUT2D eigenvalue weighted by Crippen LogP contribution is -2.53. The highest BCUT2D eigenvalue weighted by molar-refractivity contribution is 7.43. The summed E-state index contributed by atoms with van der Waals surface area (Å²) in [5, 5.41) is 0. The molecule has 3 heterocycles. The van der Waals surface area contributed by atoms with E-state index < -0.39 is 81.3 Å². The molecule has 0 fully saturated rings. The molecule has 3 aromatic rings. The lowest BCUT2D eigenvalue weighted by molar-refractivity contribution is -0.341. The maximum absolute atomic E-state index is 15.0. The van der Waals surface area contributed by atoms with Crippen LogP contribution in [0.15, 0.2) is 30.4 Å². The second-order valence-electron chi connectivity index (χ2n) is 8.15. The predicted molar refractivity (Wildman–Crippen MR) is 134 cm³/mol. The molecule has 4 rings (SSSR count). The Morgan fingerprint density at radius 2 is 1.82 bits per heavy atom. The van der Waals surface area contributed by atoms with Gasteiger partial charge >= 0.3 is 0 Å². The number of hydrogen-bond donors (Lipinski definition) is 0. The topological polar surface area (TPSA) is 168 Å². The third-order valence-corrected chi connectivity index (χ3v) is 5.89. The molecular weight excluding hydrogens is 550 g/mol. The minimum absolute atomic E-state index is 0.0171. The Hall–Kier alpha value is -3.84. The van der Waals surface area contributed by atoms with Gasteiger partial charge < -0.3 is 37.8 Å². The van der Waals surface area contributed by atoms with Crippen LogP contribution in [0.2, 0.25) is 0 Å². The standard InChI is InChI=1S/C25H28FN4O9P/c1-25(2)24(31)30(13-38-40(32,33)34)23-18(39-25)7-6-15(28-23)11-17-16(26)12-27-21(29-17)10-14-8-19(35-3)22(37-5)20(9-14)36-4/h6-9,12H,10-11,13H2,1-5H3,(H2,32,33,34)/p-2/i1D3,2D3,6D,7D. The molecule has 40 heavy (non-hydrogen) atoms. The summed E-state index contributed by atoms with van der Waals surface area (Å²) in [7, 11) is -1.61. The number of phosphoric acid groups is 1. The normalized spacial score (nSPS) is 17.9. The first-order chi connectivity index (χ1) is 22.2. The van der Waals surface area contributed by atoms with Crippen molar-refractivity contribution >= 4 is 19.5 Å². The summed E-state index contributed by atoms with van der Waals surface area (Å²) >= 11 is 0. The van der Waals surface area contributed by atoms with Crippen molar-refractivity contribution in [1.82, 2.24) is 15.0 Å². The Balaban J connectivity index is 1.81. The number of ether oxygens (including phenoxy) is 4. The van der Waals surface area contributed by atoms with Crippen LogP contribution in [0.5, 0.6) is 23.0 Å². The molecule has 0 bridgehead atoms. The Bertz CT molecular complexity index is 1750. The van der Waals surface area contributed by atoms with E-state index in [0.717, 1.165) is 6.20 Å². The highest BCUT2D eigenvalue weighted by Gasteiger charge is 2.42. The zero-order valence-electron chi connectivity index (χ0n) is 29.1. The number of nitrogens with zero attached hydrogens (tertiary/aromatic N) is 4. The zero-order chi connectivity index (χ0) is 36.0. The number of rotatable bonds is 10. The van der Waals surface area contributed by atoms with Crippen LogP contribution in [-0.4, -0.2) is 54.5 Å². The number of fused-ring (bicyclic) bond motifs is 1. The van der Waals surface area contributed by atoms with Gasteiger partial charge in [0.05, 0.1) is 43.8 Å². The van der Waals surface area contributed by atoms with Crippen LogP contribution in [0.4, 0.5) is 10.2 Å². The van der Waals surface area contributed by atoms with Gasteiger partial charge in [-0.2, -0.15) is 0 Å². The molecule has 1 aliphatic heterocycles. The van der Waals surface area contributed by atoms with Crippen molar-refractivity contribution in [3.63, 3.8) is 0 Å². The smallest absolute Gasteiger partial charge is 0.273 e. The van der Waals surface area contributed by atoms with Crippen LogP contribution in [0.1, 0.15) is 47.4 Å². The minimum Gasteiger partial charge on any atom is -0.790 e. The molecule has 0 aliphatic carbocycles. The van der Waals surface area contributed by atoms with Gasteiger partial charge in [-0.1, -0.05) is 0 Å². The molecule has 0 spiro atoms. The van der Waals surface area contributed by atoms with Crippen LogP contribution in [0, 0.1) is 5.82 Å². The highest BCUT2D eigenvalue weighted by Crippen LogP contribution is 2.39. The van der Waals surface area contributed by atoms with Gasteiger partial charge in [0.25, 0.3) is 5.91 Å². The van der Waals surface area contributed by atoms with E-state index in [0.29, 0.717) is 22.8 Å². The van der Waals surface area contributed by atoms with Crippen LogP contribution in [0.25, 0.3) is 0 Å². The molecule has 0 atom stereocenters. The number of aromatic nitrogens is 3. The van der Waals surface area contributed by atoms with Gasteiger partial charge in [-0.05, 0) is 43.5 Å². The molecule has 15 heteroatoms. The van der Waals surface area contributed by atoms with Crippen LogP contribution >= 0.6 is 7.82 Å². The van der Waals surface area contributed by atoms with E-state index in [1.807, 2.05) is 0 Å². The highest BCUT2D eigenvalue weighted by atomic mass is 31.2. The van der Waals surface area contributed by atoms with Crippen molar-refractivity contribution in [2.24, 2.45) is 0 Å². The zero-order valence-corrected chi connectivity index (χ0v) is 22.0. The number of benzene rings is 1. The number of phosphoric ester groups is 1. The lowest BCUT2D eigenvalue weighted by atomic mass is 10.1. The molecule has 1 aliphatic rings. The Labute approximate surface area is 240 Å². The summed E-state index contributed by atoms with van der Waals surface area (Å²) in [5.74, 6) is -3.70. The van der Waals surface area contributed by atoms with E-state index in [9.17, 15) is 19.1 Å². The van der Waals surface area contributed by atoms with E-state index in [4.69, 9.17) is 29.9 Å². The Morgan fingerprint density at radius 1 is 1.12 bits per heavy atom. The number of anilines is 1. The van der Waals surface area contributed by atoms with Crippen LogP contribution in [0.3, 0.4) is 0 Å². The number of hydrogen-bond acceptors (Lipinski definition) is 12. The molecule has 0 saturated carbocycles. The van der Waals surface area contributed by atoms with Crippen molar-refractivity contribution < 1.29 is 58.0 Å². The Kier molecular flexibility index (Phi) is 5.70. The predicted octanol–water partition coefficient (Wildman–Crippen LogP) is 1.52. The molecule has 214 valence electrons. The summed E-state index contributed by atoms with van der Waals surface area (Å²) in [6.07, 6.45) is 0.221. The summed E-state index contributed by atoms with van der Waals surface area (Å²) in [6.45, 7) is -9.09. The van der Waals surface area contributed by atoms with Crippen LogP contribution in [-0.2, 0) is 26.7 Å². The van der Waals surface area contributed by atoms with E-state index >= 15 is 4.39 Å². The number of carbonyl (C=O) groups is 1. The molecule has 0 N–H and O–H groups in total. The maximum atomic E-state index is 15.0. The third kappa shape index (κ3) is 6.31. The van der Waals surface area contributed by atoms with Gasteiger partial charge in [0, 0.05) is 26.8 Å². The molecule has 13 nitrogen and oxygen atoms in total. The fraction of sp³-hybridized carbons (Fsp3) is 0.360. The summed E-state index contributed by atoms with van der Waals surface area (Å²) in [5.41, 5.74) is -3.96. The van der Waals surface area contributed by atoms with E-state index in [2.05, 4.69) is 19.5 Å². The first kappa shape index (κ1) is 20.1. The molecule has 1 aromatic carbocycles. The first-order valence-electron chi connectivity index (χ1n) is 15.2. The van der Waals surface area contributed by atoms with E-state index in [1.165, 1.54) is 21.3 Å². The number of pyridine rings is 1. The van der Waals surface area contributed by atoms with Gasteiger partial charge in [-0.15, -0.1) is 0 Å². The molecule has 1 amide bonds. The summed E-state index contributed by atoms with van der Waals surface area (Å²) in [4.78, 5) is 48.4. The van der Waals surface area contributed by atoms with E-state index in [1.54, 1.807) is 12.1 Å².